The maximum Gasteiger partial charge on any atom is 0.291 e. The van der Waals surface area contributed by atoms with Crippen molar-refractivity contribution in [1.29, 1.82) is 0 Å². The number of imidazole rings is 1. The van der Waals surface area contributed by atoms with Crippen LogP contribution in [-0.4, -0.2) is 44.1 Å². The first-order valence-corrected chi connectivity index (χ1v) is 9.37. The van der Waals surface area contributed by atoms with Crippen LogP contribution >= 0.6 is 0 Å². The Labute approximate surface area is 161 Å². The van der Waals surface area contributed by atoms with E-state index in [1.165, 1.54) is 12.8 Å². The quantitative estimate of drug-likeness (QED) is 0.495. The number of rotatable bonds is 5. The van der Waals surface area contributed by atoms with Gasteiger partial charge in [-0.3, -0.25) is 14.8 Å². The Hall–Kier alpha value is -3.39. The monoisotopic (exact) mass is 376 g/mol. The zero-order valence-electron chi connectivity index (χ0n) is 15.2. The van der Waals surface area contributed by atoms with E-state index in [1.807, 2.05) is 30.3 Å². The SMILES string of the molecule is O=C(Nc1c[nH]nc1-c1nc2ccccc2[nH]1)c1ccc(CN2CCCC2)o1. The number of aromatic nitrogens is 4. The van der Waals surface area contributed by atoms with Crippen molar-refractivity contribution in [3.8, 4) is 11.5 Å². The maximum absolute atomic E-state index is 12.6. The van der Waals surface area contributed by atoms with Crippen molar-refractivity contribution in [1.82, 2.24) is 25.1 Å². The topological polar surface area (TPSA) is 103 Å². The predicted octanol–water partition coefficient (Wildman–Crippen LogP) is 3.39. The molecule has 0 saturated carbocycles. The highest BCUT2D eigenvalue weighted by Gasteiger charge is 2.19. The van der Waals surface area contributed by atoms with Gasteiger partial charge in [-0.25, -0.2) is 4.98 Å². The molecule has 5 rings (SSSR count). The molecule has 0 atom stereocenters. The van der Waals surface area contributed by atoms with Crippen LogP contribution in [0.3, 0.4) is 0 Å². The number of anilines is 1. The van der Waals surface area contributed by atoms with Gasteiger partial charge in [0.15, 0.2) is 17.3 Å². The van der Waals surface area contributed by atoms with Crippen LogP contribution in [0.15, 0.2) is 47.0 Å². The first kappa shape index (κ1) is 16.8. The summed E-state index contributed by atoms with van der Waals surface area (Å²) < 4.78 is 5.74. The number of nitrogens with one attached hydrogen (secondary N) is 3. The van der Waals surface area contributed by atoms with Crippen molar-refractivity contribution in [3.05, 3.63) is 54.1 Å². The zero-order chi connectivity index (χ0) is 18.9. The Kier molecular flexibility index (Phi) is 4.17. The van der Waals surface area contributed by atoms with Crippen LogP contribution in [-0.2, 0) is 6.54 Å². The van der Waals surface area contributed by atoms with E-state index < -0.39 is 0 Å². The van der Waals surface area contributed by atoms with Crippen molar-refractivity contribution in [2.24, 2.45) is 0 Å². The number of aromatic amines is 2. The van der Waals surface area contributed by atoms with Gasteiger partial charge in [0.25, 0.3) is 5.91 Å². The molecule has 1 aliphatic rings. The van der Waals surface area contributed by atoms with Crippen LogP contribution in [0, 0.1) is 0 Å². The Bertz CT molecular complexity index is 1090. The van der Waals surface area contributed by atoms with Gasteiger partial charge >= 0.3 is 0 Å². The van der Waals surface area contributed by atoms with Crippen LogP contribution < -0.4 is 5.32 Å². The number of hydrogen-bond donors (Lipinski definition) is 3. The van der Waals surface area contributed by atoms with Gasteiger partial charge < -0.3 is 14.7 Å². The average molecular weight is 376 g/mol. The molecule has 1 aliphatic heterocycles. The normalized spacial score (nSPS) is 14.7. The van der Waals surface area contributed by atoms with Crippen molar-refractivity contribution < 1.29 is 9.21 Å². The van der Waals surface area contributed by atoms with E-state index in [1.54, 1.807) is 12.3 Å². The summed E-state index contributed by atoms with van der Waals surface area (Å²) >= 11 is 0. The number of fused-ring (bicyclic) bond motifs is 1. The lowest BCUT2D eigenvalue weighted by atomic mass is 10.3. The Morgan fingerprint density at radius 1 is 1.18 bits per heavy atom. The number of nitrogens with zero attached hydrogens (tertiary/aromatic N) is 3. The fourth-order valence-electron chi connectivity index (χ4n) is 3.56. The second-order valence-electron chi connectivity index (χ2n) is 6.95. The largest absolute Gasteiger partial charge is 0.455 e. The third kappa shape index (κ3) is 3.18. The lowest BCUT2D eigenvalue weighted by molar-refractivity contribution is 0.0993. The van der Waals surface area contributed by atoms with E-state index in [2.05, 4.69) is 30.4 Å². The van der Waals surface area contributed by atoms with E-state index >= 15 is 0 Å². The van der Waals surface area contributed by atoms with Crippen LogP contribution in [0.4, 0.5) is 5.69 Å². The molecule has 1 saturated heterocycles. The van der Waals surface area contributed by atoms with Crippen molar-refractivity contribution >= 4 is 22.6 Å². The van der Waals surface area contributed by atoms with Gasteiger partial charge in [0.1, 0.15) is 5.76 Å². The summed E-state index contributed by atoms with van der Waals surface area (Å²) in [4.78, 5) is 22.7. The fourth-order valence-corrected chi connectivity index (χ4v) is 3.56. The minimum absolute atomic E-state index is 0.283. The summed E-state index contributed by atoms with van der Waals surface area (Å²) in [6.45, 7) is 2.90. The van der Waals surface area contributed by atoms with Gasteiger partial charge in [0.2, 0.25) is 0 Å². The third-order valence-corrected chi connectivity index (χ3v) is 4.97. The highest BCUT2D eigenvalue weighted by molar-refractivity contribution is 6.04. The molecule has 3 aromatic heterocycles. The van der Waals surface area contributed by atoms with Crippen LogP contribution in [0.5, 0.6) is 0 Å². The molecule has 4 heterocycles. The second-order valence-corrected chi connectivity index (χ2v) is 6.95. The Morgan fingerprint density at radius 3 is 2.89 bits per heavy atom. The van der Waals surface area contributed by atoms with Crippen LogP contribution in [0.25, 0.3) is 22.6 Å². The Balaban J connectivity index is 1.33. The van der Waals surface area contributed by atoms with E-state index in [0.29, 0.717) is 17.2 Å². The first-order chi connectivity index (χ1) is 13.8. The molecule has 3 N–H and O–H groups in total. The maximum atomic E-state index is 12.6. The molecule has 8 heteroatoms. The molecule has 28 heavy (non-hydrogen) atoms. The fraction of sp³-hybridized carbons (Fsp3) is 0.250. The number of furan rings is 1. The molecule has 0 aliphatic carbocycles. The van der Waals surface area contributed by atoms with Gasteiger partial charge in [-0.05, 0) is 50.2 Å². The molecule has 1 fully saturated rings. The van der Waals surface area contributed by atoms with Gasteiger partial charge in [0.05, 0.1) is 23.3 Å². The molecular formula is C20H20N6O2. The van der Waals surface area contributed by atoms with E-state index in [9.17, 15) is 4.79 Å². The van der Waals surface area contributed by atoms with Gasteiger partial charge in [-0.2, -0.15) is 5.10 Å². The summed E-state index contributed by atoms with van der Waals surface area (Å²) in [5, 5.41) is 9.88. The zero-order valence-corrected chi connectivity index (χ0v) is 15.2. The number of carbonyl (C=O) groups is 1. The third-order valence-electron chi connectivity index (χ3n) is 4.97. The molecule has 1 amide bonds. The molecule has 0 radical (unpaired) electrons. The lowest BCUT2D eigenvalue weighted by Gasteiger charge is -2.11. The smallest absolute Gasteiger partial charge is 0.291 e. The molecule has 8 nitrogen and oxygen atoms in total. The standard InChI is InChI=1S/C20H20N6O2/c27-20(17-8-7-13(28-17)12-26-9-3-4-10-26)24-16-11-21-25-18(16)19-22-14-5-1-2-6-15(14)23-19/h1-2,5-8,11H,3-4,9-10,12H2,(H,21,25)(H,22,23)(H,24,27). The van der Waals surface area contributed by atoms with Crippen molar-refractivity contribution in [3.63, 3.8) is 0 Å². The van der Waals surface area contributed by atoms with Crippen LogP contribution in [0.1, 0.15) is 29.2 Å². The second kappa shape index (κ2) is 6.97. The number of hydrogen-bond acceptors (Lipinski definition) is 5. The molecule has 4 aromatic rings. The summed E-state index contributed by atoms with van der Waals surface area (Å²) in [6, 6.07) is 11.3. The summed E-state index contributed by atoms with van der Waals surface area (Å²) in [5.74, 6) is 1.36. The minimum atomic E-state index is -0.313. The molecule has 142 valence electrons. The van der Waals surface area contributed by atoms with Gasteiger partial charge in [0, 0.05) is 6.20 Å². The van der Waals surface area contributed by atoms with E-state index in [0.717, 1.165) is 36.4 Å². The average Bonchev–Trinajstić information content (AvgIpc) is 3.48. The molecule has 0 spiro atoms. The Morgan fingerprint density at radius 2 is 2.04 bits per heavy atom. The van der Waals surface area contributed by atoms with E-state index in [4.69, 9.17) is 4.42 Å². The molecule has 0 unspecified atom stereocenters. The predicted molar refractivity (Wildman–Crippen MR) is 105 cm³/mol. The summed E-state index contributed by atoms with van der Waals surface area (Å²) in [6.07, 6.45) is 4.08. The van der Waals surface area contributed by atoms with Gasteiger partial charge in [-0.15, -0.1) is 0 Å². The summed E-state index contributed by atoms with van der Waals surface area (Å²) in [7, 11) is 0. The highest BCUT2D eigenvalue weighted by Crippen LogP contribution is 2.26. The highest BCUT2D eigenvalue weighted by atomic mass is 16.4. The van der Waals surface area contributed by atoms with E-state index in [-0.39, 0.29) is 11.7 Å². The number of carbonyl (C=O) groups excluding carboxylic acids is 1. The van der Waals surface area contributed by atoms with Crippen molar-refractivity contribution in [2.75, 3.05) is 18.4 Å². The number of para-hydroxylation sites is 2. The first-order valence-electron chi connectivity index (χ1n) is 9.37. The molecule has 1 aromatic carbocycles. The number of likely N-dealkylation sites (tertiary alicyclic amines) is 1. The molecule has 0 bridgehead atoms. The lowest BCUT2D eigenvalue weighted by Crippen LogP contribution is -2.18. The number of H-pyrrole nitrogens is 2. The van der Waals surface area contributed by atoms with Crippen molar-refractivity contribution in [2.45, 2.75) is 19.4 Å². The van der Waals surface area contributed by atoms with Gasteiger partial charge in [-0.1, -0.05) is 12.1 Å². The number of benzene rings is 1. The summed E-state index contributed by atoms with van der Waals surface area (Å²) in [5.41, 5.74) is 2.85. The minimum Gasteiger partial charge on any atom is -0.455 e. The van der Waals surface area contributed by atoms with Crippen LogP contribution in [0.2, 0.25) is 0 Å². The molecular weight excluding hydrogens is 356 g/mol. The number of amides is 1.